The zero-order valence-electron chi connectivity index (χ0n) is 21.2. The van der Waals surface area contributed by atoms with Gasteiger partial charge in [0.15, 0.2) is 0 Å². The van der Waals surface area contributed by atoms with Crippen molar-refractivity contribution in [3.8, 4) is 17.2 Å². The molecule has 2 saturated heterocycles. The molecule has 0 saturated carbocycles. The van der Waals surface area contributed by atoms with E-state index in [2.05, 4.69) is 10.2 Å². The van der Waals surface area contributed by atoms with E-state index in [1.165, 1.54) is 0 Å². The van der Waals surface area contributed by atoms with Crippen molar-refractivity contribution in [3.63, 3.8) is 0 Å². The van der Waals surface area contributed by atoms with Crippen molar-refractivity contribution in [1.82, 2.24) is 0 Å². The highest BCUT2D eigenvalue weighted by atomic mass is 16.5. The maximum absolute atomic E-state index is 13.3. The quantitative estimate of drug-likeness (QED) is 0.535. The summed E-state index contributed by atoms with van der Waals surface area (Å²) < 4.78 is 23.0. The number of para-hydroxylation sites is 2. The van der Waals surface area contributed by atoms with Gasteiger partial charge in [0.2, 0.25) is 11.8 Å². The molecule has 0 bridgehead atoms. The number of nitrogens with one attached hydrogen (secondary N) is 1. The van der Waals surface area contributed by atoms with Gasteiger partial charge in [0.05, 0.1) is 56.0 Å². The normalized spacial score (nSPS) is 17.8. The lowest BCUT2D eigenvalue weighted by atomic mass is 10.1. The van der Waals surface area contributed by atoms with Gasteiger partial charge in [-0.05, 0) is 32.9 Å². The van der Waals surface area contributed by atoms with Crippen LogP contribution >= 0.6 is 0 Å². The molecular weight excluding hydrogens is 462 g/mol. The molecular formula is C27H35N3O6. The van der Waals surface area contributed by atoms with Crippen LogP contribution in [0.2, 0.25) is 0 Å². The van der Waals surface area contributed by atoms with Crippen molar-refractivity contribution < 1.29 is 28.5 Å². The van der Waals surface area contributed by atoms with Crippen LogP contribution in [0.5, 0.6) is 17.2 Å². The van der Waals surface area contributed by atoms with Crippen LogP contribution < -0.4 is 29.3 Å². The van der Waals surface area contributed by atoms with Crippen LogP contribution in [0.25, 0.3) is 0 Å². The Bertz CT molecular complexity index is 1070. The van der Waals surface area contributed by atoms with Crippen molar-refractivity contribution in [2.45, 2.75) is 27.2 Å². The molecule has 2 amide bonds. The molecule has 0 aliphatic carbocycles. The molecule has 9 heteroatoms. The molecule has 36 heavy (non-hydrogen) atoms. The lowest BCUT2D eigenvalue weighted by Crippen LogP contribution is -2.36. The van der Waals surface area contributed by atoms with Crippen molar-refractivity contribution in [2.24, 2.45) is 5.92 Å². The molecule has 2 aliphatic rings. The molecule has 0 unspecified atom stereocenters. The first kappa shape index (κ1) is 25.6. The summed E-state index contributed by atoms with van der Waals surface area (Å²) in [5.41, 5.74) is 2.13. The molecule has 9 nitrogen and oxygen atoms in total. The molecule has 2 aromatic rings. The van der Waals surface area contributed by atoms with E-state index < -0.39 is 5.92 Å². The molecule has 0 aromatic heterocycles. The second kappa shape index (κ2) is 12.0. The number of carbonyl (C=O) groups is 2. The van der Waals surface area contributed by atoms with Gasteiger partial charge >= 0.3 is 0 Å². The predicted octanol–water partition coefficient (Wildman–Crippen LogP) is 3.71. The summed E-state index contributed by atoms with van der Waals surface area (Å²) >= 11 is 0. The predicted molar refractivity (Wildman–Crippen MR) is 139 cm³/mol. The van der Waals surface area contributed by atoms with E-state index in [-0.39, 0.29) is 24.8 Å². The summed E-state index contributed by atoms with van der Waals surface area (Å²) in [6.45, 7) is 10.2. The Balaban J connectivity index is 1.55. The number of hydrogen-bond acceptors (Lipinski definition) is 7. The first-order chi connectivity index (χ1) is 17.5. The zero-order valence-corrected chi connectivity index (χ0v) is 21.2. The van der Waals surface area contributed by atoms with E-state index in [0.29, 0.717) is 61.7 Å². The van der Waals surface area contributed by atoms with E-state index in [9.17, 15) is 9.59 Å². The maximum atomic E-state index is 13.3. The molecule has 2 aliphatic heterocycles. The minimum absolute atomic E-state index is 0.106. The molecule has 0 spiro atoms. The van der Waals surface area contributed by atoms with Gasteiger partial charge in [0.1, 0.15) is 17.2 Å². The van der Waals surface area contributed by atoms with Gasteiger partial charge in [-0.25, -0.2) is 0 Å². The summed E-state index contributed by atoms with van der Waals surface area (Å²) in [5.74, 6) is 1.03. The summed E-state index contributed by atoms with van der Waals surface area (Å²) in [6.07, 6.45) is 0.125. The first-order valence-corrected chi connectivity index (χ1v) is 12.6. The molecule has 2 heterocycles. The van der Waals surface area contributed by atoms with Crippen LogP contribution in [-0.2, 0) is 14.3 Å². The van der Waals surface area contributed by atoms with Crippen LogP contribution in [-0.4, -0.2) is 64.5 Å². The smallest absolute Gasteiger partial charge is 0.229 e. The van der Waals surface area contributed by atoms with Crippen LogP contribution in [0.4, 0.5) is 17.1 Å². The fraction of sp³-hybridized carbons (Fsp3) is 0.481. The van der Waals surface area contributed by atoms with E-state index in [4.69, 9.17) is 18.9 Å². The van der Waals surface area contributed by atoms with Crippen molar-refractivity contribution in [2.75, 3.05) is 67.8 Å². The van der Waals surface area contributed by atoms with Crippen LogP contribution in [0, 0.1) is 5.92 Å². The van der Waals surface area contributed by atoms with E-state index in [0.717, 1.165) is 18.8 Å². The Morgan fingerprint density at radius 1 is 0.944 bits per heavy atom. The second-order valence-corrected chi connectivity index (χ2v) is 8.58. The lowest BCUT2D eigenvalue weighted by Gasteiger charge is -2.31. The minimum atomic E-state index is -0.504. The third-order valence-corrected chi connectivity index (χ3v) is 6.22. The highest BCUT2D eigenvalue weighted by Gasteiger charge is 2.36. The van der Waals surface area contributed by atoms with Crippen molar-refractivity contribution >= 4 is 28.9 Å². The Kier molecular flexibility index (Phi) is 8.53. The van der Waals surface area contributed by atoms with Crippen LogP contribution in [0.3, 0.4) is 0 Å². The van der Waals surface area contributed by atoms with E-state index >= 15 is 0 Å². The van der Waals surface area contributed by atoms with Gasteiger partial charge < -0.3 is 34.1 Å². The van der Waals surface area contributed by atoms with E-state index in [1.807, 2.05) is 57.2 Å². The standard InChI is InChI=1S/C27H35N3O6/c1-4-34-23-10-8-7-9-21(23)30-18-19(15-26(30)31)27(32)28-20-16-25(36-6-3)22(17-24(20)35-5-2)29-11-13-33-14-12-29/h7-10,16-17,19H,4-6,11-15,18H2,1-3H3,(H,28,32)/t19-/m0/s1. The number of nitrogens with zero attached hydrogens (tertiary/aromatic N) is 2. The maximum Gasteiger partial charge on any atom is 0.229 e. The SMILES string of the molecule is CCOc1cc(N2CCOCC2)c(OCC)cc1NC(=O)[C@H]1CC(=O)N(c2ccccc2OCC)C1. The van der Waals surface area contributed by atoms with Gasteiger partial charge in [-0.2, -0.15) is 0 Å². The summed E-state index contributed by atoms with van der Waals surface area (Å²) in [7, 11) is 0. The number of ether oxygens (including phenoxy) is 4. The molecule has 1 atom stereocenters. The Morgan fingerprint density at radius 3 is 2.33 bits per heavy atom. The monoisotopic (exact) mass is 497 g/mol. The highest BCUT2D eigenvalue weighted by molar-refractivity contribution is 6.04. The first-order valence-electron chi connectivity index (χ1n) is 12.6. The van der Waals surface area contributed by atoms with Gasteiger partial charge in [0.25, 0.3) is 0 Å². The topological polar surface area (TPSA) is 89.6 Å². The van der Waals surface area contributed by atoms with Gasteiger partial charge in [-0.3, -0.25) is 9.59 Å². The average Bonchev–Trinajstić information content (AvgIpc) is 3.28. The summed E-state index contributed by atoms with van der Waals surface area (Å²) in [6, 6.07) is 11.1. The summed E-state index contributed by atoms with van der Waals surface area (Å²) in [5, 5.41) is 3.00. The Hall–Kier alpha value is -3.46. The van der Waals surface area contributed by atoms with Crippen LogP contribution in [0.15, 0.2) is 36.4 Å². The number of hydrogen-bond donors (Lipinski definition) is 1. The number of rotatable bonds is 10. The fourth-order valence-electron chi connectivity index (χ4n) is 4.55. The second-order valence-electron chi connectivity index (χ2n) is 8.58. The van der Waals surface area contributed by atoms with E-state index in [1.54, 1.807) is 4.90 Å². The molecule has 4 rings (SSSR count). The molecule has 1 N–H and O–H groups in total. The molecule has 0 radical (unpaired) electrons. The average molecular weight is 498 g/mol. The van der Waals surface area contributed by atoms with Gasteiger partial charge in [-0.15, -0.1) is 0 Å². The van der Waals surface area contributed by atoms with Crippen LogP contribution in [0.1, 0.15) is 27.2 Å². The molecule has 194 valence electrons. The number of amides is 2. The Morgan fingerprint density at radius 2 is 1.61 bits per heavy atom. The zero-order chi connectivity index (χ0) is 25.5. The molecule has 2 aromatic carbocycles. The van der Waals surface area contributed by atoms with Gasteiger partial charge in [-0.1, -0.05) is 12.1 Å². The minimum Gasteiger partial charge on any atom is -0.492 e. The Labute approximate surface area is 212 Å². The van der Waals surface area contributed by atoms with Crippen molar-refractivity contribution in [1.29, 1.82) is 0 Å². The number of anilines is 3. The largest absolute Gasteiger partial charge is 0.492 e. The third kappa shape index (κ3) is 5.67. The lowest BCUT2D eigenvalue weighted by molar-refractivity contribution is -0.122. The fourth-order valence-corrected chi connectivity index (χ4v) is 4.55. The number of morpholine rings is 1. The highest BCUT2D eigenvalue weighted by Crippen LogP contribution is 2.40. The summed E-state index contributed by atoms with van der Waals surface area (Å²) in [4.78, 5) is 30.0. The third-order valence-electron chi connectivity index (χ3n) is 6.22. The molecule has 2 fully saturated rings. The van der Waals surface area contributed by atoms with Crippen molar-refractivity contribution in [3.05, 3.63) is 36.4 Å². The number of carbonyl (C=O) groups excluding carboxylic acids is 2. The number of benzene rings is 2. The van der Waals surface area contributed by atoms with Gasteiger partial charge in [0, 0.05) is 38.2 Å².